The predicted molar refractivity (Wildman–Crippen MR) is 59.2 cm³/mol. The summed E-state index contributed by atoms with van der Waals surface area (Å²) in [4.78, 5) is 24.2. The number of benzene rings is 1. The van der Waals surface area contributed by atoms with Crippen molar-refractivity contribution in [2.45, 2.75) is 13.8 Å². The number of nitrogens with zero attached hydrogens (tertiary/aromatic N) is 2. The average molecular weight is 250 g/mol. The molecule has 1 heterocycles. The van der Waals surface area contributed by atoms with Gasteiger partial charge < -0.3 is 0 Å². The van der Waals surface area contributed by atoms with Gasteiger partial charge in [-0.05, 0) is 37.1 Å². The van der Waals surface area contributed by atoms with E-state index in [-0.39, 0.29) is 52.5 Å². The Morgan fingerprint density at radius 3 is 1.67 bits per heavy atom. The van der Waals surface area contributed by atoms with Crippen molar-refractivity contribution in [3.8, 4) is 0 Å². The summed E-state index contributed by atoms with van der Waals surface area (Å²) in [5.41, 5.74) is 3.03. The van der Waals surface area contributed by atoms with Crippen molar-refractivity contribution >= 4 is 11.6 Å². The first-order valence-electron chi connectivity index (χ1n) is 5.21. The second-order valence-corrected chi connectivity index (χ2v) is 4.16. The molecule has 2 aromatic rings. The van der Waals surface area contributed by atoms with Gasteiger partial charge in [0.1, 0.15) is 0 Å². The van der Waals surface area contributed by atoms with Crippen molar-refractivity contribution in [1.82, 2.24) is 15.4 Å². The van der Waals surface area contributed by atoms with Crippen LogP contribution in [0.25, 0.3) is 0 Å². The van der Waals surface area contributed by atoms with Gasteiger partial charge in [-0.25, -0.2) is 0 Å². The van der Waals surface area contributed by atoms with Gasteiger partial charge >= 0.3 is 29.6 Å². The smallest absolute Gasteiger partial charge is 0.287 e. The summed E-state index contributed by atoms with van der Waals surface area (Å²) in [7, 11) is 0. The van der Waals surface area contributed by atoms with Crippen LogP contribution in [0.2, 0.25) is 0 Å². The van der Waals surface area contributed by atoms with E-state index in [9.17, 15) is 9.59 Å². The number of aryl methyl sites for hydroxylation is 2. The zero-order valence-electron chi connectivity index (χ0n) is 10.4. The zero-order chi connectivity index (χ0) is 12.2. The van der Waals surface area contributed by atoms with E-state index in [1.54, 1.807) is 12.1 Å². The monoisotopic (exact) mass is 250 g/mol. The second kappa shape index (κ2) is 4.42. The van der Waals surface area contributed by atoms with Crippen molar-refractivity contribution in [1.29, 1.82) is 0 Å². The van der Waals surface area contributed by atoms with Gasteiger partial charge in [-0.15, -0.1) is 0 Å². The summed E-state index contributed by atoms with van der Waals surface area (Å²) < 4.78 is 0. The normalized spacial score (nSPS) is 12.8. The van der Waals surface area contributed by atoms with E-state index in [0.717, 1.165) is 11.1 Å². The van der Waals surface area contributed by atoms with Gasteiger partial charge in [0.15, 0.2) is 11.4 Å². The molecule has 0 saturated heterocycles. The largest absolute Gasteiger partial charge is 1.00 e. The van der Waals surface area contributed by atoms with Gasteiger partial charge in [0, 0.05) is 11.1 Å². The minimum Gasteiger partial charge on any atom is -0.287 e. The standard InChI is InChI=1S/C12H9N3O2.Na/c1-5-3-7-8(4-6(5)2)12(17)10-9(11(7)16)13-15-14-10;/h3-4H,1-2H3,(H,13,14,15);/q;+1. The Kier molecular flexibility index (Phi) is 3.23. The minimum absolute atomic E-state index is 0. The number of fused-ring (bicyclic) bond motifs is 2. The molecular formula is C12H9N3NaO2+. The molecule has 6 heteroatoms. The number of carbonyl (C=O) groups is 2. The number of rotatable bonds is 0. The Balaban J connectivity index is 0.00000120. The van der Waals surface area contributed by atoms with E-state index in [1.165, 1.54) is 0 Å². The fourth-order valence-corrected chi connectivity index (χ4v) is 1.99. The van der Waals surface area contributed by atoms with Gasteiger partial charge in [-0.3, -0.25) is 9.59 Å². The van der Waals surface area contributed by atoms with E-state index >= 15 is 0 Å². The van der Waals surface area contributed by atoms with Crippen LogP contribution in [0.15, 0.2) is 12.1 Å². The van der Waals surface area contributed by atoms with E-state index in [0.29, 0.717) is 11.1 Å². The van der Waals surface area contributed by atoms with Crippen LogP contribution in [0.1, 0.15) is 43.2 Å². The number of ketones is 2. The van der Waals surface area contributed by atoms with E-state index in [1.807, 2.05) is 13.8 Å². The summed E-state index contributed by atoms with van der Waals surface area (Å²) in [6.07, 6.45) is 0. The van der Waals surface area contributed by atoms with Crippen molar-refractivity contribution in [3.05, 3.63) is 45.8 Å². The quantitative estimate of drug-likeness (QED) is 0.478. The third kappa shape index (κ3) is 1.67. The molecular weight excluding hydrogens is 241 g/mol. The summed E-state index contributed by atoms with van der Waals surface area (Å²) in [6.45, 7) is 3.82. The Hall–Kier alpha value is -1.30. The van der Waals surface area contributed by atoms with Crippen LogP contribution in [0.3, 0.4) is 0 Å². The van der Waals surface area contributed by atoms with Gasteiger partial charge in [0.2, 0.25) is 11.6 Å². The van der Waals surface area contributed by atoms with Crippen LogP contribution in [-0.4, -0.2) is 27.0 Å². The van der Waals surface area contributed by atoms with Crippen LogP contribution in [0, 0.1) is 13.8 Å². The molecule has 1 aromatic carbocycles. The van der Waals surface area contributed by atoms with Crippen molar-refractivity contribution in [3.63, 3.8) is 0 Å². The van der Waals surface area contributed by atoms with Gasteiger partial charge in [-0.2, -0.15) is 15.4 Å². The molecule has 1 aromatic heterocycles. The van der Waals surface area contributed by atoms with Crippen molar-refractivity contribution in [2.24, 2.45) is 0 Å². The molecule has 84 valence electrons. The van der Waals surface area contributed by atoms with E-state index in [4.69, 9.17) is 0 Å². The molecule has 5 nitrogen and oxygen atoms in total. The first-order chi connectivity index (χ1) is 8.09. The molecule has 0 atom stereocenters. The fraction of sp³-hybridized carbons (Fsp3) is 0.167. The Labute approximate surface area is 125 Å². The van der Waals surface area contributed by atoms with Gasteiger partial charge in [0.05, 0.1) is 0 Å². The van der Waals surface area contributed by atoms with Crippen molar-refractivity contribution in [2.75, 3.05) is 0 Å². The zero-order valence-corrected chi connectivity index (χ0v) is 12.4. The molecule has 0 aliphatic heterocycles. The van der Waals surface area contributed by atoms with Crippen LogP contribution in [-0.2, 0) is 0 Å². The molecule has 0 bridgehead atoms. The van der Waals surface area contributed by atoms with E-state index < -0.39 is 0 Å². The number of nitrogens with one attached hydrogen (secondary N) is 1. The molecule has 0 saturated carbocycles. The topological polar surface area (TPSA) is 75.7 Å². The minimum atomic E-state index is -0.244. The van der Waals surface area contributed by atoms with Crippen LogP contribution in [0.5, 0.6) is 0 Å². The predicted octanol–water partition coefficient (Wildman–Crippen LogP) is -1.80. The third-order valence-electron chi connectivity index (χ3n) is 3.10. The Bertz CT molecular complexity index is 620. The fourth-order valence-electron chi connectivity index (χ4n) is 1.99. The average Bonchev–Trinajstić information content (AvgIpc) is 2.78. The molecule has 0 unspecified atom stereocenters. The number of hydrogen-bond donors (Lipinski definition) is 1. The molecule has 1 aliphatic rings. The Morgan fingerprint density at radius 2 is 1.28 bits per heavy atom. The van der Waals surface area contributed by atoms with Gasteiger partial charge in [0.25, 0.3) is 0 Å². The number of hydrogen-bond acceptors (Lipinski definition) is 4. The first kappa shape index (κ1) is 13.1. The Morgan fingerprint density at radius 1 is 0.889 bits per heavy atom. The number of aromatic amines is 1. The maximum atomic E-state index is 12.1. The number of aromatic nitrogens is 3. The number of H-pyrrole nitrogens is 1. The molecule has 1 aliphatic carbocycles. The second-order valence-electron chi connectivity index (χ2n) is 4.16. The molecule has 0 spiro atoms. The molecule has 0 amide bonds. The summed E-state index contributed by atoms with van der Waals surface area (Å²) in [6, 6.07) is 3.48. The van der Waals surface area contributed by atoms with Crippen LogP contribution < -0.4 is 29.6 Å². The van der Waals surface area contributed by atoms with Crippen LogP contribution >= 0.6 is 0 Å². The molecule has 18 heavy (non-hydrogen) atoms. The number of carbonyl (C=O) groups excluding carboxylic acids is 2. The summed E-state index contributed by atoms with van der Waals surface area (Å²) >= 11 is 0. The molecule has 0 radical (unpaired) electrons. The maximum absolute atomic E-state index is 12.1. The molecule has 3 rings (SSSR count). The first-order valence-corrected chi connectivity index (χ1v) is 5.21. The third-order valence-corrected chi connectivity index (χ3v) is 3.10. The molecule has 1 N–H and O–H groups in total. The SMILES string of the molecule is Cc1cc2c(cc1C)C(=O)c1n[nH]nc1C2=O.[Na+]. The molecule has 0 fully saturated rings. The summed E-state index contributed by atoms with van der Waals surface area (Å²) in [5.74, 6) is -0.488. The van der Waals surface area contributed by atoms with Crippen molar-refractivity contribution < 1.29 is 39.1 Å². The van der Waals surface area contributed by atoms with E-state index in [2.05, 4.69) is 15.4 Å². The van der Waals surface area contributed by atoms with Gasteiger partial charge in [-0.1, -0.05) is 0 Å². The van der Waals surface area contributed by atoms with Crippen LogP contribution in [0.4, 0.5) is 0 Å². The summed E-state index contributed by atoms with van der Waals surface area (Å²) in [5, 5.41) is 9.79. The maximum Gasteiger partial charge on any atom is 1.00 e.